The van der Waals surface area contributed by atoms with Gasteiger partial charge in [0.2, 0.25) is 5.89 Å². The Morgan fingerprint density at radius 2 is 2.42 bits per heavy atom. The van der Waals surface area contributed by atoms with E-state index in [0.717, 1.165) is 12.2 Å². The second-order valence-corrected chi connectivity index (χ2v) is 4.50. The number of carbonyl (C=O) groups is 2. The number of aromatic nitrogens is 1. The fraction of sp³-hybridized carbons (Fsp3) is 0.583. The highest BCUT2D eigenvalue weighted by atomic mass is 16.4. The number of aliphatic carboxylic acids is 1. The molecule has 2 N–H and O–H groups in total. The number of hydrogen-bond donors (Lipinski definition) is 2. The smallest absolute Gasteiger partial charge is 0.317 e. The van der Waals surface area contributed by atoms with Gasteiger partial charge in [0.05, 0.1) is 18.7 Å². The van der Waals surface area contributed by atoms with Crippen molar-refractivity contribution in [1.29, 1.82) is 0 Å². The molecule has 7 nitrogen and oxygen atoms in total. The molecule has 1 aromatic rings. The number of likely N-dealkylation sites (tertiary alicyclic amines) is 1. The molecule has 19 heavy (non-hydrogen) atoms. The van der Waals surface area contributed by atoms with E-state index in [9.17, 15) is 9.59 Å². The molecule has 2 amide bonds. The van der Waals surface area contributed by atoms with Crippen LogP contribution in [0, 0.1) is 5.92 Å². The van der Waals surface area contributed by atoms with Gasteiger partial charge in [-0.25, -0.2) is 9.78 Å². The van der Waals surface area contributed by atoms with E-state index in [4.69, 9.17) is 9.52 Å². The van der Waals surface area contributed by atoms with Crippen molar-refractivity contribution in [3.05, 3.63) is 17.8 Å². The van der Waals surface area contributed by atoms with Crippen molar-refractivity contribution in [1.82, 2.24) is 15.2 Å². The summed E-state index contributed by atoms with van der Waals surface area (Å²) in [6.07, 6.45) is 2.90. The minimum Gasteiger partial charge on any atom is -0.481 e. The third-order valence-electron chi connectivity index (χ3n) is 3.17. The van der Waals surface area contributed by atoms with Gasteiger partial charge in [-0.15, -0.1) is 0 Å². The average molecular weight is 267 g/mol. The number of carboxylic acid groups (broad SMARTS) is 1. The van der Waals surface area contributed by atoms with Crippen LogP contribution in [0.1, 0.15) is 25.0 Å². The van der Waals surface area contributed by atoms with Crippen LogP contribution in [0.4, 0.5) is 4.79 Å². The Balaban J connectivity index is 1.80. The third kappa shape index (κ3) is 3.24. The van der Waals surface area contributed by atoms with Crippen LogP contribution in [0.3, 0.4) is 0 Å². The van der Waals surface area contributed by atoms with Gasteiger partial charge in [0.1, 0.15) is 5.76 Å². The molecular formula is C12H17N3O4. The van der Waals surface area contributed by atoms with E-state index < -0.39 is 11.9 Å². The molecule has 1 unspecified atom stereocenters. The zero-order valence-corrected chi connectivity index (χ0v) is 10.8. The lowest BCUT2D eigenvalue weighted by Gasteiger charge is -2.15. The molecule has 0 bridgehead atoms. The van der Waals surface area contributed by atoms with Crippen LogP contribution in [0.25, 0.3) is 0 Å². The van der Waals surface area contributed by atoms with Crippen LogP contribution in [-0.4, -0.2) is 40.1 Å². The Hall–Kier alpha value is -2.05. The summed E-state index contributed by atoms with van der Waals surface area (Å²) >= 11 is 0. The van der Waals surface area contributed by atoms with Crippen molar-refractivity contribution < 1.29 is 19.1 Å². The van der Waals surface area contributed by atoms with E-state index in [1.165, 1.54) is 4.90 Å². The van der Waals surface area contributed by atoms with E-state index in [2.05, 4.69) is 10.3 Å². The number of nitrogens with zero attached hydrogens (tertiary/aromatic N) is 2. The van der Waals surface area contributed by atoms with Crippen LogP contribution in [0.5, 0.6) is 0 Å². The zero-order valence-electron chi connectivity index (χ0n) is 10.8. The van der Waals surface area contributed by atoms with Crippen molar-refractivity contribution in [2.75, 3.05) is 13.1 Å². The fourth-order valence-electron chi connectivity index (χ4n) is 2.00. The number of carbonyl (C=O) groups excluding carboxylic acids is 1. The Morgan fingerprint density at radius 3 is 3.00 bits per heavy atom. The predicted octanol–water partition coefficient (Wildman–Crippen LogP) is 0.853. The van der Waals surface area contributed by atoms with Crippen LogP contribution in [0.2, 0.25) is 0 Å². The summed E-state index contributed by atoms with van der Waals surface area (Å²) in [6.45, 7) is 2.90. The maximum Gasteiger partial charge on any atom is 0.317 e. The van der Waals surface area contributed by atoms with Crippen LogP contribution < -0.4 is 5.32 Å². The van der Waals surface area contributed by atoms with E-state index in [1.54, 1.807) is 6.20 Å². The summed E-state index contributed by atoms with van der Waals surface area (Å²) in [7, 11) is 0. The highest BCUT2D eigenvalue weighted by molar-refractivity contribution is 5.77. The molecule has 1 aliphatic heterocycles. The number of nitrogens with one attached hydrogen (secondary N) is 1. The summed E-state index contributed by atoms with van der Waals surface area (Å²) in [5, 5.41) is 11.5. The molecule has 1 saturated heterocycles. The second kappa shape index (κ2) is 5.73. The van der Waals surface area contributed by atoms with Gasteiger partial charge in [0.15, 0.2) is 0 Å². The van der Waals surface area contributed by atoms with Crippen molar-refractivity contribution >= 4 is 12.0 Å². The molecule has 0 saturated carbocycles. The van der Waals surface area contributed by atoms with Gasteiger partial charge in [0.25, 0.3) is 0 Å². The van der Waals surface area contributed by atoms with Gasteiger partial charge in [0, 0.05) is 19.5 Å². The number of oxazole rings is 1. The lowest BCUT2D eigenvalue weighted by atomic mass is 10.1. The first-order valence-electron chi connectivity index (χ1n) is 6.29. The number of amides is 2. The molecular weight excluding hydrogens is 250 g/mol. The molecule has 1 aromatic heterocycles. The molecule has 104 valence electrons. The van der Waals surface area contributed by atoms with Gasteiger partial charge in [-0.05, 0) is 6.42 Å². The molecule has 0 aromatic carbocycles. The van der Waals surface area contributed by atoms with E-state index in [0.29, 0.717) is 18.9 Å². The van der Waals surface area contributed by atoms with Crippen molar-refractivity contribution in [2.45, 2.75) is 26.3 Å². The minimum absolute atomic E-state index is 0.215. The summed E-state index contributed by atoms with van der Waals surface area (Å²) < 4.78 is 5.37. The first-order valence-corrected chi connectivity index (χ1v) is 6.29. The Bertz CT molecular complexity index is 471. The van der Waals surface area contributed by atoms with Crippen molar-refractivity contribution in [3.63, 3.8) is 0 Å². The van der Waals surface area contributed by atoms with Crippen molar-refractivity contribution in [2.24, 2.45) is 5.92 Å². The first-order chi connectivity index (χ1) is 9.10. The topological polar surface area (TPSA) is 95.7 Å². The normalized spacial score (nSPS) is 18.6. The SMILES string of the molecule is CCc1cnc(CNC(=O)N2CCC(C(=O)O)C2)o1. The van der Waals surface area contributed by atoms with Crippen LogP contribution in [0.15, 0.2) is 10.6 Å². The molecule has 7 heteroatoms. The van der Waals surface area contributed by atoms with Crippen molar-refractivity contribution in [3.8, 4) is 0 Å². The minimum atomic E-state index is -0.851. The summed E-state index contributed by atoms with van der Waals surface area (Å²) in [6, 6.07) is -0.278. The van der Waals surface area contributed by atoms with Gasteiger partial charge >= 0.3 is 12.0 Å². The molecule has 0 aliphatic carbocycles. The molecule has 2 rings (SSSR count). The van der Waals surface area contributed by atoms with E-state index >= 15 is 0 Å². The Morgan fingerprint density at radius 1 is 1.63 bits per heavy atom. The largest absolute Gasteiger partial charge is 0.481 e. The molecule has 2 heterocycles. The standard InChI is InChI=1S/C12H17N3O4/c1-2-9-5-13-10(19-9)6-14-12(18)15-4-3-8(7-15)11(16)17/h5,8H,2-4,6-7H2,1H3,(H,14,18)(H,16,17). The zero-order chi connectivity index (χ0) is 13.8. The Kier molecular flexibility index (Phi) is 4.03. The predicted molar refractivity (Wildman–Crippen MR) is 65.4 cm³/mol. The number of urea groups is 1. The highest BCUT2D eigenvalue weighted by Crippen LogP contribution is 2.16. The van der Waals surface area contributed by atoms with E-state index in [-0.39, 0.29) is 19.1 Å². The molecule has 1 atom stereocenters. The Labute approximate surface area is 110 Å². The summed E-state index contributed by atoms with van der Waals surface area (Å²) in [5.41, 5.74) is 0. The summed E-state index contributed by atoms with van der Waals surface area (Å²) in [5.74, 6) is -0.0784. The van der Waals surface area contributed by atoms with Crippen LogP contribution >= 0.6 is 0 Å². The van der Waals surface area contributed by atoms with E-state index in [1.807, 2.05) is 6.92 Å². The average Bonchev–Trinajstić information content (AvgIpc) is 3.04. The number of hydrogen-bond acceptors (Lipinski definition) is 4. The summed E-state index contributed by atoms with van der Waals surface area (Å²) in [4.78, 5) is 28.2. The number of aryl methyl sites for hydroxylation is 1. The second-order valence-electron chi connectivity index (χ2n) is 4.50. The lowest BCUT2D eigenvalue weighted by Crippen LogP contribution is -2.38. The number of carboxylic acids is 1. The van der Waals surface area contributed by atoms with Gasteiger partial charge < -0.3 is 19.7 Å². The third-order valence-corrected chi connectivity index (χ3v) is 3.17. The molecule has 0 spiro atoms. The quantitative estimate of drug-likeness (QED) is 0.843. The highest BCUT2D eigenvalue weighted by Gasteiger charge is 2.30. The first kappa shape index (κ1) is 13.4. The van der Waals surface area contributed by atoms with Gasteiger partial charge in [-0.2, -0.15) is 0 Å². The lowest BCUT2D eigenvalue weighted by molar-refractivity contribution is -0.141. The van der Waals surface area contributed by atoms with Gasteiger partial charge in [-0.3, -0.25) is 4.79 Å². The molecule has 1 aliphatic rings. The molecule has 0 radical (unpaired) electrons. The maximum absolute atomic E-state index is 11.8. The fourth-order valence-corrected chi connectivity index (χ4v) is 2.00. The van der Waals surface area contributed by atoms with Crippen LogP contribution in [-0.2, 0) is 17.8 Å². The maximum atomic E-state index is 11.8. The monoisotopic (exact) mass is 267 g/mol. The molecule has 1 fully saturated rings. The van der Waals surface area contributed by atoms with Gasteiger partial charge in [-0.1, -0.05) is 6.92 Å². The number of rotatable bonds is 4.